The van der Waals surface area contributed by atoms with Gasteiger partial charge in [0.1, 0.15) is 6.20 Å². The van der Waals surface area contributed by atoms with Crippen molar-refractivity contribution in [2.45, 2.75) is 0 Å². The molecule has 0 radical (unpaired) electrons. The Hall–Kier alpha value is -2.44. The highest BCUT2D eigenvalue weighted by Gasteiger charge is 2.03. The third kappa shape index (κ3) is 2.27. The van der Waals surface area contributed by atoms with E-state index in [1.165, 1.54) is 37.2 Å². The van der Waals surface area contributed by atoms with Crippen LogP contribution in [-0.2, 0) is 0 Å². The minimum atomic E-state index is 0.100. The maximum atomic E-state index is 11.4. The smallest absolute Gasteiger partial charge is 0.365 e. The second-order valence-electron chi connectivity index (χ2n) is 2.50. The minimum absolute atomic E-state index is 0.100. The molecule has 0 amide bonds. The summed E-state index contributed by atoms with van der Waals surface area (Å²) in [5.41, 5.74) is 0. The van der Waals surface area contributed by atoms with Crippen LogP contribution in [0.15, 0.2) is 42.3 Å². The molecular weight excluding hydrogens is 196 g/mol. The fourth-order valence-corrected chi connectivity index (χ4v) is 0.877. The lowest BCUT2D eigenvalue weighted by Crippen LogP contribution is -1.94. The molecule has 2 aromatic rings. The highest BCUT2D eigenvalue weighted by molar-refractivity contribution is 5.19. The normalized spacial score (nSPS) is 11.3. The van der Waals surface area contributed by atoms with Gasteiger partial charge in [0.25, 0.3) is 0 Å². The summed E-state index contributed by atoms with van der Waals surface area (Å²) in [5, 5.41) is 15.0. The summed E-state index contributed by atoms with van der Waals surface area (Å²) in [7, 11) is 0. The van der Waals surface area contributed by atoms with Crippen LogP contribution in [0.3, 0.4) is 0 Å². The summed E-state index contributed by atoms with van der Waals surface area (Å²) < 4.78 is 0. The molecule has 0 bridgehead atoms. The second-order valence-corrected chi connectivity index (χ2v) is 2.50. The van der Waals surface area contributed by atoms with Gasteiger partial charge in [-0.1, -0.05) is 5.11 Å². The highest BCUT2D eigenvalue weighted by atomic mass is 16.5. The van der Waals surface area contributed by atoms with E-state index in [9.17, 15) is 5.21 Å². The Morgan fingerprint density at radius 2 is 1.73 bits per heavy atom. The molecule has 0 fully saturated rings. The second kappa shape index (κ2) is 4.18. The lowest BCUT2D eigenvalue weighted by atomic mass is 10.7. The van der Waals surface area contributed by atoms with Crippen molar-refractivity contribution >= 4 is 11.6 Å². The SMILES string of the molecule is [O-][N+](=Nc1cnccn1)c1cnccn1. The third-order valence-corrected chi connectivity index (χ3v) is 1.49. The largest absolute Gasteiger partial charge is 0.690 e. The zero-order chi connectivity index (χ0) is 10.5. The molecule has 0 atom stereocenters. The molecule has 7 nitrogen and oxygen atoms in total. The van der Waals surface area contributed by atoms with Crippen molar-refractivity contribution in [1.82, 2.24) is 19.9 Å². The summed E-state index contributed by atoms with van der Waals surface area (Å²) in [6.45, 7) is 0. The van der Waals surface area contributed by atoms with Gasteiger partial charge < -0.3 is 5.21 Å². The van der Waals surface area contributed by atoms with Gasteiger partial charge in [-0.3, -0.25) is 9.97 Å². The zero-order valence-corrected chi connectivity index (χ0v) is 7.56. The molecule has 0 aliphatic rings. The van der Waals surface area contributed by atoms with Crippen molar-refractivity contribution in [3.63, 3.8) is 0 Å². The quantitative estimate of drug-likeness (QED) is 0.414. The monoisotopic (exact) mass is 202 g/mol. The zero-order valence-electron chi connectivity index (χ0n) is 7.56. The Morgan fingerprint density at radius 3 is 2.33 bits per heavy atom. The first-order valence-electron chi connectivity index (χ1n) is 4.07. The van der Waals surface area contributed by atoms with Crippen LogP contribution in [0.25, 0.3) is 0 Å². The number of hydrogen-bond acceptors (Lipinski definition) is 6. The molecule has 0 aliphatic heterocycles. The van der Waals surface area contributed by atoms with Gasteiger partial charge in [0.2, 0.25) is 5.82 Å². The average Bonchev–Trinajstić information content (AvgIpc) is 2.31. The molecule has 2 rings (SSSR count). The van der Waals surface area contributed by atoms with Crippen molar-refractivity contribution in [1.29, 1.82) is 0 Å². The van der Waals surface area contributed by atoms with Crippen LogP contribution in [0.4, 0.5) is 11.6 Å². The summed E-state index contributed by atoms with van der Waals surface area (Å²) in [6, 6.07) is 0. The van der Waals surface area contributed by atoms with E-state index < -0.39 is 0 Å². The fourth-order valence-electron chi connectivity index (χ4n) is 0.877. The fraction of sp³-hybridized carbons (Fsp3) is 0. The molecule has 0 saturated carbocycles. The number of azo groups is 1. The van der Waals surface area contributed by atoms with Crippen molar-refractivity contribution < 1.29 is 4.86 Å². The van der Waals surface area contributed by atoms with E-state index in [2.05, 4.69) is 25.1 Å². The van der Waals surface area contributed by atoms with E-state index in [0.717, 1.165) is 0 Å². The van der Waals surface area contributed by atoms with Crippen LogP contribution in [0.5, 0.6) is 0 Å². The number of rotatable bonds is 2. The maximum Gasteiger partial charge on any atom is 0.365 e. The maximum absolute atomic E-state index is 11.4. The lowest BCUT2D eigenvalue weighted by Gasteiger charge is -2.00. The molecule has 2 heterocycles. The van der Waals surface area contributed by atoms with E-state index in [1.54, 1.807) is 0 Å². The Bertz CT molecular complexity index is 457. The van der Waals surface area contributed by atoms with Crippen LogP contribution in [0, 0.1) is 5.21 Å². The first-order chi connectivity index (χ1) is 7.36. The van der Waals surface area contributed by atoms with E-state index in [-0.39, 0.29) is 11.6 Å². The number of hydrogen-bond donors (Lipinski definition) is 0. The van der Waals surface area contributed by atoms with Gasteiger partial charge in [-0.2, -0.15) is 0 Å². The Morgan fingerprint density at radius 1 is 1.00 bits per heavy atom. The molecule has 0 aliphatic carbocycles. The van der Waals surface area contributed by atoms with Crippen molar-refractivity contribution in [3.05, 3.63) is 42.4 Å². The summed E-state index contributed by atoms with van der Waals surface area (Å²) in [5.74, 6) is 0.321. The number of aromatic nitrogens is 4. The summed E-state index contributed by atoms with van der Waals surface area (Å²) in [6.07, 6.45) is 8.51. The van der Waals surface area contributed by atoms with Crippen molar-refractivity contribution in [2.24, 2.45) is 5.11 Å². The van der Waals surface area contributed by atoms with Gasteiger partial charge in [-0.15, -0.1) is 4.86 Å². The summed E-state index contributed by atoms with van der Waals surface area (Å²) >= 11 is 0. The molecule has 15 heavy (non-hydrogen) atoms. The van der Waals surface area contributed by atoms with Crippen LogP contribution in [0.1, 0.15) is 0 Å². The van der Waals surface area contributed by atoms with E-state index in [4.69, 9.17) is 0 Å². The van der Waals surface area contributed by atoms with Gasteiger partial charge in [0.05, 0.1) is 12.4 Å². The Balaban J connectivity index is 2.29. The topological polar surface area (TPSA) is 90.0 Å². The molecule has 0 saturated heterocycles. The van der Waals surface area contributed by atoms with Crippen LogP contribution < -0.4 is 0 Å². The molecule has 2 aromatic heterocycles. The first kappa shape index (κ1) is 9.13. The number of nitrogens with zero attached hydrogens (tertiary/aromatic N) is 6. The molecule has 74 valence electrons. The van der Waals surface area contributed by atoms with Crippen LogP contribution in [0.2, 0.25) is 0 Å². The van der Waals surface area contributed by atoms with Gasteiger partial charge >= 0.3 is 5.82 Å². The molecule has 0 unspecified atom stereocenters. The van der Waals surface area contributed by atoms with E-state index in [0.29, 0.717) is 4.86 Å². The molecule has 0 aromatic carbocycles. The van der Waals surface area contributed by atoms with Crippen molar-refractivity contribution in [2.75, 3.05) is 0 Å². The third-order valence-electron chi connectivity index (χ3n) is 1.49. The molecular formula is C8H6N6O. The molecule has 0 spiro atoms. The predicted octanol–water partition coefficient (Wildman–Crippen LogP) is 1.19. The van der Waals surface area contributed by atoms with E-state index >= 15 is 0 Å². The summed E-state index contributed by atoms with van der Waals surface area (Å²) in [4.78, 5) is 15.5. The Labute approximate surface area is 84.8 Å². The van der Waals surface area contributed by atoms with Crippen LogP contribution >= 0.6 is 0 Å². The van der Waals surface area contributed by atoms with Gasteiger partial charge in [0, 0.05) is 12.4 Å². The van der Waals surface area contributed by atoms with Crippen LogP contribution in [-0.4, -0.2) is 24.8 Å². The van der Waals surface area contributed by atoms with Gasteiger partial charge in [0.15, 0.2) is 6.20 Å². The molecule has 0 N–H and O–H groups in total. The van der Waals surface area contributed by atoms with Gasteiger partial charge in [-0.05, 0) is 4.98 Å². The predicted molar refractivity (Wildman–Crippen MR) is 49.4 cm³/mol. The van der Waals surface area contributed by atoms with Crippen molar-refractivity contribution in [3.8, 4) is 0 Å². The lowest BCUT2D eigenvalue weighted by molar-refractivity contribution is -0.440. The standard InChI is InChI=1S/C8H6N6O/c15-14(8-6-10-2-4-12-8)13-7-5-9-1-3-11-7/h1-6H. The highest BCUT2D eigenvalue weighted by Crippen LogP contribution is 2.09. The first-order valence-corrected chi connectivity index (χ1v) is 4.07. The Kier molecular flexibility index (Phi) is 2.54. The molecule has 7 heteroatoms. The average molecular weight is 202 g/mol. The minimum Gasteiger partial charge on any atom is -0.690 e. The van der Waals surface area contributed by atoms with E-state index in [1.807, 2.05) is 0 Å². The van der Waals surface area contributed by atoms with Gasteiger partial charge in [-0.25, -0.2) is 4.98 Å².